The van der Waals surface area contributed by atoms with Crippen LogP contribution in [0.25, 0.3) is 0 Å². The van der Waals surface area contributed by atoms with Crippen molar-refractivity contribution >= 4 is 39.4 Å². The molecule has 0 aromatic carbocycles. The quantitative estimate of drug-likeness (QED) is 0.867. The number of thiocarbonyl (C=S) groups is 1. The summed E-state index contributed by atoms with van der Waals surface area (Å²) in [6.45, 7) is 3.72. The monoisotopic (exact) mass is 305 g/mol. The number of hydrogen-bond donors (Lipinski definition) is 1. The lowest BCUT2D eigenvalue weighted by Crippen LogP contribution is -2.47. The number of rotatable bonds is 3. The van der Waals surface area contributed by atoms with Crippen molar-refractivity contribution in [3.8, 4) is 0 Å². The molecule has 1 saturated heterocycles. The maximum atomic E-state index is 5.78. The Morgan fingerprint density at radius 3 is 2.60 bits per heavy atom. The number of nitrogens with two attached hydrogens (primary N) is 1. The van der Waals surface area contributed by atoms with Crippen LogP contribution in [0.2, 0.25) is 0 Å². The number of anilines is 2. The maximum Gasteiger partial charge on any atom is 0.185 e. The SMILES string of the molecule is NC(=S)c1ccncc1N1CCN(c2nccs2)CC1. The van der Waals surface area contributed by atoms with E-state index in [0.717, 1.165) is 42.6 Å². The molecule has 7 heteroatoms. The molecule has 1 aliphatic heterocycles. The Balaban J connectivity index is 1.74. The van der Waals surface area contributed by atoms with Crippen molar-refractivity contribution in [3.05, 3.63) is 35.6 Å². The summed E-state index contributed by atoms with van der Waals surface area (Å²) in [4.78, 5) is 13.6. The Bertz CT molecular complexity index is 591. The van der Waals surface area contributed by atoms with Crippen LogP contribution < -0.4 is 15.5 Å². The lowest BCUT2D eigenvalue weighted by Gasteiger charge is -2.36. The van der Waals surface area contributed by atoms with Gasteiger partial charge in [0.25, 0.3) is 0 Å². The van der Waals surface area contributed by atoms with Crippen LogP contribution >= 0.6 is 23.6 Å². The molecule has 0 aliphatic carbocycles. The number of thiazole rings is 1. The molecule has 5 nitrogen and oxygen atoms in total. The number of nitrogens with zero attached hydrogens (tertiary/aromatic N) is 4. The molecule has 1 fully saturated rings. The molecular weight excluding hydrogens is 290 g/mol. The first-order valence-electron chi connectivity index (χ1n) is 6.39. The summed E-state index contributed by atoms with van der Waals surface area (Å²) < 4.78 is 0. The van der Waals surface area contributed by atoms with Crippen LogP contribution in [0.1, 0.15) is 5.56 Å². The van der Waals surface area contributed by atoms with E-state index in [2.05, 4.69) is 19.8 Å². The highest BCUT2D eigenvalue weighted by Crippen LogP contribution is 2.24. The molecule has 3 heterocycles. The van der Waals surface area contributed by atoms with E-state index in [9.17, 15) is 0 Å². The number of hydrogen-bond acceptors (Lipinski definition) is 6. The number of aromatic nitrogens is 2. The largest absolute Gasteiger partial charge is 0.389 e. The minimum atomic E-state index is 0.421. The third-order valence-corrected chi connectivity index (χ3v) is 4.43. The van der Waals surface area contributed by atoms with E-state index < -0.39 is 0 Å². The van der Waals surface area contributed by atoms with E-state index in [1.165, 1.54) is 0 Å². The van der Waals surface area contributed by atoms with Crippen molar-refractivity contribution < 1.29 is 0 Å². The average molecular weight is 305 g/mol. The van der Waals surface area contributed by atoms with Gasteiger partial charge in [-0.05, 0) is 6.07 Å². The summed E-state index contributed by atoms with van der Waals surface area (Å²) in [5.41, 5.74) is 7.71. The second kappa shape index (κ2) is 5.72. The summed E-state index contributed by atoms with van der Waals surface area (Å²) in [5, 5.41) is 3.10. The maximum absolute atomic E-state index is 5.78. The van der Waals surface area contributed by atoms with Crippen molar-refractivity contribution in [3.63, 3.8) is 0 Å². The number of pyridine rings is 1. The molecule has 0 atom stereocenters. The molecule has 0 saturated carbocycles. The van der Waals surface area contributed by atoms with Gasteiger partial charge in [-0.15, -0.1) is 11.3 Å². The molecule has 0 bridgehead atoms. The van der Waals surface area contributed by atoms with Crippen molar-refractivity contribution in [2.75, 3.05) is 36.0 Å². The summed E-state index contributed by atoms with van der Waals surface area (Å²) in [6, 6.07) is 1.88. The first-order valence-corrected chi connectivity index (χ1v) is 7.67. The minimum absolute atomic E-state index is 0.421. The van der Waals surface area contributed by atoms with Crippen molar-refractivity contribution in [2.45, 2.75) is 0 Å². The number of piperazine rings is 1. The molecule has 2 aromatic rings. The Hall–Kier alpha value is -1.73. The zero-order valence-corrected chi connectivity index (χ0v) is 12.5. The average Bonchev–Trinajstić information content (AvgIpc) is 3.02. The highest BCUT2D eigenvalue weighted by atomic mass is 32.1. The standard InChI is InChI=1S/C13H15N5S2/c14-12(19)10-1-2-15-9-11(10)17-4-6-18(7-5-17)13-16-3-8-20-13/h1-3,8-9H,4-7H2,(H2,14,19). The van der Waals surface area contributed by atoms with Gasteiger partial charge in [-0.1, -0.05) is 12.2 Å². The Labute approximate surface area is 127 Å². The lowest BCUT2D eigenvalue weighted by molar-refractivity contribution is 0.651. The smallest absolute Gasteiger partial charge is 0.185 e. The first kappa shape index (κ1) is 13.3. The zero-order chi connectivity index (χ0) is 13.9. The van der Waals surface area contributed by atoms with Gasteiger partial charge >= 0.3 is 0 Å². The van der Waals surface area contributed by atoms with E-state index in [0.29, 0.717) is 4.99 Å². The third-order valence-electron chi connectivity index (χ3n) is 3.38. The minimum Gasteiger partial charge on any atom is -0.389 e. The van der Waals surface area contributed by atoms with Crippen LogP contribution in [0.15, 0.2) is 30.0 Å². The Kier molecular flexibility index (Phi) is 3.79. The molecular formula is C13H15N5S2. The fourth-order valence-corrected chi connectivity index (χ4v) is 3.23. The first-order chi connectivity index (χ1) is 9.75. The van der Waals surface area contributed by atoms with Crippen molar-refractivity contribution in [1.29, 1.82) is 0 Å². The van der Waals surface area contributed by atoms with E-state index in [4.69, 9.17) is 18.0 Å². The molecule has 104 valence electrons. The zero-order valence-electron chi connectivity index (χ0n) is 10.9. The van der Waals surface area contributed by atoms with Crippen LogP contribution in [-0.4, -0.2) is 41.1 Å². The predicted octanol–water partition coefficient (Wildman–Crippen LogP) is 1.50. The molecule has 0 radical (unpaired) electrons. The second-order valence-corrected chi connectivity index (χ2v) is 5.86. The Morgan fingerprint density at radius 2 is 1.95 bits per heavy atom. The third kappa shape index (κ3) is 2.59. The molecule has 0 amide bonds. The van der Waals surface area contributed by atoms with Gasteiger partial charge < -0.3 is 15.5 Å². The summed E-state index contributed by atoms with van der Waals surface area (Å²) in [7, 11) is 0. The van der Waals surface area contributed by atoms with Crippen LogP contribution in [-0.2, 0) is 0 Å². The molecule has 0 spiro atoms. The predicted molar refractivity (Wildman–Crippen MR) is 86.7 cm³/mol. The second-order valence-electron chi connectivity index (χ2n) is 4.55. The van der Waals surface area contributed by atoms with Gasteiger partial charge in [0.1, 0.15) is 4.99 Å². The van der Waals surface area contributed by atoms with Gasteiger partial charge in [0, 0.05) is 49.5 Å². The van der Waals surface area contributed by atoms with Gasteiger partial charge in [-0.2, -0.15) is 0 Å². The normalized spacial score (nSPS) is 15.4. The van der Waals surface area contributed by atoms with E-state index in [-0.39, 0.29) is 0 Å². The highest BCUT2D eigenvalue weighted by molar-refractivity contribution is 7.80. The molecule has 20 heavy (non-hydrogen) atoms. The molecule has 1 aliphatic rings. The van der Waals surface area contributed by atoms with Gasteiger partial charge in [-0.3, -0.25) is 4.98 Å². The molecule has 2 aromatic heterocycles. The van der Waals surface area contributed by atoms with Gasteiger partial charge in [0.05, 0.1) is 11.9 Å². The van der Waals surface area contributed by atoms with Gasteiger partial charge in [0.15, 0.2) is 5.13 Å². The fraction of sp³-hybridized carbons (Fsp3) is 0.308. The van der Waals surface area contributed by atoms with Crippen LogP contribution in [0.4, 0.5) is 10.8 Å². The fourth-order valence-electron chi connectivity index (χ4n) is 2.36. The van der Waals surface area contributed by atoms with Crippen molar-refractivity contribution in [1.82, 2.24) is 9.97 Å². The van der Waals surface area contributed by atoms with Gasteiger partial charge in [-0.25, -0.2) is 4.98 Å². The van der Waals surface area contributed by atoms with Crippen molar-refractivity contribution in [2.24, 2.45) is 5.73 Å². The van der Waals surface area contributed by atoms with E-state index in [1.54, 1.807) is 17.5 Å². The van der Waals surface area contributed by atoms with Gasteiger partial charge in [0.2, 0.25) is 0 Å². The summed E-state index contributed by atoms with van der Waals surface area (Å²) in [5.74, 6) is 0. The van der Waals surface area contributed by atoms with Crippen LogP contribution in [0.3, 0.4) is 0 Å². The summed E-state index contributed by atoms with van der Waals surface area (Å²) in [6.07, 6.45) is 5.41. The Morgan fingerprint density at radius 1 is 1.20 bits per heavy atom. The van der Waals surface area contributed by atoms with Crippen LogP contribution in [0, 0.1) is 0 Å². The van der Waals surface area contributed by atoms with E-state index in [1.807, 2.05) is 23.8 Å². The molecule has 3 rings (SSSR count). The van der Waals surface area contributed by atoms with E-state index >= 15 is 0 Å². The van der Waals surface area contributed by atoms with Crippen LogP contribution in [0.5, 0.6) is 0 Å². The molecule has 2 N–H and O–H groups in total. The lowest BCUT2D eigenvalue weighted by atomic mass is 10.2. The highest BCUT2D eigenvalue weighted by Gasteiger charge is 2.21. The molecule has 0 unspecified atom stereocenters. The summed E-state index contributed by atoms with van der Waals surface area (Å²) >= 11 is 6.79. The topological polar surface area (TPSA) is 58.3 Å².